The number of carbonyl (C=O) groups is 2. The van der Waals surface area contributed by atoms with Gasteiger partial charge in [0, 0.05) is 26.6 Å². The summed E-state index contributed by atoms with van der Waals surface area (Å²) in [6.07, 6.45) is 4.21. The van der Waals surface area contributed by atoms with Crippen LogP contribution in [0.15, 0.2) is 0 Å². The van der Waals surface area contributed by atoms with Gasteiger partial charge in [0.1, 0.15) is 0 Å². The number of nitrogens with one attached hydrogen (secondary N) is 1. The highest BCUT2D eigenvalue weighted by atomic mass is 16.3. The highest BCUT2D eigenvalue weighted by molar-refractivity contribution is 5.80. The van der Waals surface area contributed by atoms with Crippen LogP contribution in [0.3, 0.4) is 0 Å². The van der Waals surface area contributed by atoms with Gasteiger partial charge in [-0.2, -0.15) is 0 Å². The third-order valence-corrected chi connectivity index (χ3v) is 4.32. The first-order chi connectivity index (χ1) is 9.06. The van der Waals surface area contributed by atoms with Crippen LogP contribution in [-0.2, 0) is 9.59 Å². The van der Waals surface area contributed by atoms with Crippen molar-refractivity contribution in [3.63, 3.8) is 0 Å². The van der Waals surface area contributed by atoms with E-state index in [1.54, 1.807) is 11.8 Å². The monoisotopic (exact) mass is 268 g/mol. The van der Waals surface area contributed by atoms with Gasteiger partial charge in [-0.25, -0.2) is 0 Å². The quantitative estimate of drug-likeness (QED) is 0.784. The fourth-order valence-electron chi connectivity index (χ4n) is 3.10. The minimum Gasteiger partial charge on any atom is -0.393 e. The topological polar surface area (TPSA) is 69.6 Å². The lowest BCUT2D eigenvalue weighted by Gasteiger charge is -2.31. The van der Waals surface area contributed by atoms with Gasteiger partial charge in [0.15, 0.2) is 0 Å². The zero-order valence-corrected chi connectivity index (χ0v) is 11.6. The van der Waals surface area contributed by atoms with E-state index in [4.69, 9.17) is 0 Å². The zero-order valence-electron chi connectivity index (χ0n) is 11.6. The van der Waals surface area contributed by atoms with Crippen LogP contribution >= 0.6 is 0 Å². The van der Waals surface area contributed by atoms with Gasteiger partial charge < -0.3 is 15.3 Å². The van der Waals surface area contributed by atoms with Crippen molar-refractivity contribution in [2.24, 2.45) is 11.8 Å². The van der Waals surface area contributed by atoms with E-state index in [2.05, 4.69) is 5.32 Å². The molecule has 1 heterocycles. The molecule has 0 bridgehead atoms. The number of hydrogen-bond acceptors (Lipinski definition) is 3. The largest absolute Gasteiger partial charge is 0.393 e. The smallest absolute Gasteiger partial charge is 0.224 e. The highest BCUT2D eigenvalue weighted by Crippen LogP contribution is 2.25. The first-order valence-corrected chi connectivity index (χ1v) is 7.27. The molecule has 0 aromatic rings. The second-order valence-electron chi connectivity index (χ2n) is 5.88. The standard InChI is InChI=1S/C14H24N2O3/c1-10(17)16-6-2-3-12(9-16)14(19)15-8-11-4-5-13(18)7-11/h11-13,18H,2-9H2,1H3,(H,15,19). The Morgan fingerprint density at radius 1 is 1.32 bits per heavy atom. The molecule has 1 aliphatic heterocycles. The van der Waals surface area contributed by atoms with Gasteiger partial charge in [0.25, 0.3) is 0 Å². The third-order valence-electron chi connectivity index (χ3n) is 4.32. The lowest BCUT2D eigenvalue weighted by atomic mass is 9.96. The van der Waals surface area contributed by atoms with E-state index in [0.29, 0.717) is 19.0 Å². The minimum atomic E-state index is -0.190. The Morgan fingerprint density at radius 2 is 2.11 bits per heavy atom. The van der Waals surface area contributed by atoms with Crippen molar-refractivity contribution in [2.45, 2.75) is 45.1 Å². The summed E-state index contributed by atoms with van der Waals surface area (Å²) >= 11 is 0. The third kappa shape index (κ3) is 3.93. The summed E-state index contributed by atoms with van der Waals surface area (Å²) in [6, 6.07) is 0. The molecule has 5 heteroatoms. The number of aliphatic hydroxyl groups excluding tert-OH is 1. The van der Waals surface area contributed by atoms with Crippen molar-refractivity contribution in [3.05, 3.63) is 0 Å². The van der Waals surface area contributed by atoms with Crippen molar-refractivity contribution in [1.29, 1.82) is 0 Å². The fourth-order valence-corrected chi connectivity index (χ4v) is 3.10. The van der Waals surface area contributed by atoms with Crippen LogP contribution in [0.25, 0.3) is 0 Å². The number of amides is 2. The first kappa shape index (κ1) is 14.3. The summed E-state index contributed by atoms with van der Waals surface area (Å²) in [7, 11) is 0. The van der Waals surface area contributed by atoms with E-state index < -0.39 is 0 Å². The maximum Gasteiger partial charge on any atom is 0.224 e. The molecule has 1 saturated carbocycles. The number of carbonyl (C=O) groups excluding carboxylic acids is 2. The van der Waals surface area contributed by atoms with E-state index in [1.807, 2.05) is 0 Å². The van der Waals surface area contributed by atoms with Gasteiger partial charge in [-0.1, -0.05) is 0 Å². The summed E-state index contributed by atoms with van der Waals surface area (Å²) in [6.45, 7) is 3.54. The van der Waals surface area contributed by atoms with Gasteiger partial charge in [0.2, 0.25) is 11.8 Å². The summed E-state index contributed by atoms with van der Waals surface area (Å²) in [5.41, 5.74) is 0. The molecule has 19 heavy (non-hydrogen) atoms. The summed E-state index contributed by atoms with van der Waals surface area (Å²) in [5.74, 6) is 0.458. The van der Waals surface area contributed by atoms with E-state index in [0.717, 1.165) is 38.6 Å². The van der Waals surface area contributed by atoms with E-state index >= 15 is 0 Å². The highest BCUT2D eigenvalue weighted by Gasteiger charge is 2.28. The number of hydrogen-bond donors (Lipinski definition) is 2. The van der Waals surface area contributed by atoms with Crippen LogP contribution in [0.1, 0.15) is 39.0 Å². The molecular weight excluding hydrogens is 244 g/mol. The van der Waals surface area contributed by atoms with Crippen LogP contribution in [0.4, 0.5) is 0 Å². The molecule has 0 spiro atoms. The SMILES string of the molecule is CC(=O)N1CCCC(C(=O)NCC2CCC(O)C2)C1. The Hall–Kier alpha value is -1.10. The Labute approximate surface area is 114 Å². The number of aliphatic hydroxyl groups is 1. The zero-order chi connectivity index (χ0) is 13.8. The second kappa shape index (κ2) is 6.37. The van der Waals surface area contributed by atoms with E-state index in [-0.39, 0.29) is 23.8 Å². The predicted octanol–water partition coefficient (Wildman–Crippen LogP) is 0.522. The maximum absolute atomic E-state index is 12.1. The van der Waals surface area contributed by atoms with Crippen molar-refractivity contribution in [2.75, 3.05) is 19.6 Å². The van der Waals surface area contributed by atoms with Crippen LogP contribution in [-0.4, -0.2) is 47.6 Å². The molecule has 2 rings (SSSR count). The van der Waals surface area contributed by atoms with Crippen LogP contribution in [0.2, 0.25) is 0 Å². The predicted molar refractivity (Wildman–Crippen MR) is 71.3 cm³/mol. The molecule has 1 saturated heterocycles. The van der Waals surface area contributed by atoms with Crippen molar-refractivity contribution in [1.82, 2.24) is 10.2 Å². The number of piperidine rings is 1. The normalized spacial score (nSPS) is 31.3. The van der Waals surface area contributed by atoms with Crippen LogP contribution in [0.5, 0.6) is 0 Å². The maximum atomic E-state index is 12.1. The Kier molecular flexibility index (Phi) is 4.80. The van der Waals surface area contributed by atoms with Crippen molar-refractivity contribution >= 4 is 11.8 Å². The summed E-state index contributed by atoms with van der Waals surface area (Å²) < 4.78 is 0. The number of nitrogens with zero attached hydrogens (tertiary/aromatic N) is 1. The van der Waals surface area contributed by atoms with Gasteiger partial charge in [-0.3, -0.25) is 9.59 Å². The average Bonchev–Trinajstić information content (AvgIpc) is 2.82. The van der Waals surface area contributed by atoms with Crippen LogP contribution < -0.4 is 5.32 Å². The minimum absolute atomic E-state index is 0.0522. The molecule has 2 aliphatic rings. The molecule has 3 unspecified atom stereocenters. The van der Waals surface area contributed by atoms with Gasteiger partial charge in [-0.05, 0) is 38.0 Å². The Bertz CT molecular complexity index is 346. The van der Waals surface area contributed by atoms with Gasteiger partial charge >= 0.3 is 0 Å². The summed E-state index contributed by atoms with van der Waals surface area (Å²) in [5, 5.41) is 12.4. The Balaban J connectivity index is 1.74. The van der Waals surface area contributed by atoms with Crippen LogP contribution in [0, 0.1) is 11.8 Å². The molecule has 3 atom stereocenters. The van der Waals surface area contributed by atoms with E-state index in [1.165, 1.54) is 0 Å². The molecule has 2 fully saturated rings. The number of rotatable bonds is 3. The fraction of sp³-hybridized carbons (Fsp3) is 0.857. The Morgan fingerprint density at radius 3 is 2.74 bits per heavy atom. The molecule has 0 aromatic carbocycles. The molecule has 2 N–H and O–H groups in total. The lowest BCUT2D eigenvalue weighted by molar-refractivity contribution is -0.134. The number of likely N-dealkylation sites (tertiary alicyclic amines) is 1. The summed E-state index contributed by atoms with van der Waals surface area (Å²) in [4.78, 5) is 25.2. The average molecular weight is 268 g/mol. The van der Waals surface area contributed by atoms with Crippen molar-refractivity contribution < 1.29 is 14.7 Å². The molecule has 108 valence electrons. The molecule has 0 aromatic heterocycles. The lowest BCUT2D eigenvalue weighted by Crippen LogP contribution is -2.45. The molecule has 5 nitrogen and oxygen atoms in total. The van der Waals surface area contributed by atoms with Gasteiger partial charge in [0.05, 0.1) is 12.0 Å². The molecule has 0 radical (unpaired) electrons. The first-order valence-electron chi connectivity index (χ1n) is 7.27. The molecule has 2 amide bonds. The molecule has 1 aliphatic carbocycles. The second-order valence-corrected chi connectivity index (χ2v) is 5.88. The van der Waals surface area contributed by atoms with E-state index in [9.17, 15) is 14.7 Å². The van der Waals surface area contributed by atoms with Crippen molar-refractivity contribution in [3.8, 4) is 0 Å². The molecular formula is C14H24N2O3. The van der Waals surface area contributed by atoms with Gasteiger partial charge in [-0.15, -0.1) is 0 Å².